The summed E-state index contributed by atoms with van der Waals surface area (Å²) < 4.78 is 5.09. The van der Waals surface area contributed by atoms with E-state index in [1.165, 1.54) is 0 Å². The highest BCUT2D eigenvalue weighted by atomic mass is 16.5. The summed E-state index contributed by atoms with van der Waals surface area (Å²) in [4.78, 5) is 22.7. The molecule has 0 bridgehead atoms. The number of rotatable bonds is 7. The molecule has 3 N–H and O–H groups in total. The Balaban J connectivity index is 2.28. The molecule has 3 atom stereocenters. The summed E-state index contributed by atoms with van der Waals surface area (Å²) in [6.07, 6.45) is 4.33. The normalized spacial score (nSPS) is 23.9. The SMILES string of the molecule is CCCCCC(C)NC(=O)NC1COCC1C(=O)O. The summed E-state index contributed by atoms with van der Waals surface area (Å²) >= 11 is 0. The van der Waals surface area contributed by atoms with Crippen LogP contribution < -0.4 is 10.6 Å². The average molecular weight is 272 g/mol. The molecule has 1 saturated heterocycles. The maximum absolute atomic E-state index is 11.7. The van der Waals surface area contributed by atoms with E-state index in [9.17, 15) is 9.59 Å². The number of hydrogen-bond donors (Lipinski definition) is 3. The van der Waals surface area contributed by atoms with E-state index in [2.05, 4.69) is 17.6 Å². The lowest BCUT2D eigenvalue weighted by Crippen LogP contribution is -2.49. The summed E-state index contributed by atoms with van der Waals surface area (Å²) in [6, 6.07) is -0.664. The van der Waals surface area contributed by atoms with Crippen molar-refractivity contribution in [1.29, 1.82) is 0 Å². The molecule has 0 saturated carbocycles. The Morgan fingerprint density at radius 2 is 2.11 bits per heavy atom. The molecule has 1 rings (SSSR count). The van der Waals surface area contributed by atoms with Gasteiger partial charge in [-0.25, -0.2) is 4.79 Å². The second-order valence-electron chi connectivity index (χ2n) is 5.10. The van der Waals surface area contributed by atoms with Crippen LogP contribution in [0.3, 0.4) is 0 Å². The van der Waals surface area contributed by atoms with Gasteiger partial charge in [0.1, 0.15) is 5.92 Å². The van der Waals surface area contributed by atoms with Gasteiger partial charge in [0.2, 0.25) is 0 Å². The van der Waals surface area contributed by atoms with Crippen molar-refractivity contribution in [2.45, 2.75) is 51.6 Å². The number of aliphatic carboxylic acids is 1. The van der Waals surface area contributed by atoms with Crippen LogP contribution >= 0.6 is 0 Å². The number of carbonyl (C=O) groups is 2. The molecule has 2 amide bonds. The maximum atomic E-state index is 11.7. The highest BCUT2D eigenvalue weighted by Crippen LogP contribution is 2.13. The second kappa shape index (κ2) is 7.99. The summed E-state index contributed by atoms with van der Waals surface area (Å²) in [5.74, 6) is -1.58. The Morgan fingerprint density at radius 3 is 2.74 bits per heavy atom. The molecule has 1 fully saturated rings. The standard InChI is InChI=1S/C13H24N2O4/c1-3-4-5-6-9(2)14-13(18)15-11-8-19-7-10(11)12(16)17/h9-11H,3-8H2,1-2H3,(H,16,17)(H2,14,15,18). The van der Waals surface area contributed by atoms with Gasteiger partial charge in [-0.15, -0.1) is 0 Å². The van der Waals surface area contributed by atoms with Crippen LogP contribution in [0.15, 0.2) is 0 Å². The zero-order valence-electron chi connectivity index (χ0n) is 11.6. The molecule has 1 heterocycles. The fourth-order valence-corrected chi connectivity index (χ4v) is 2.15. The van der Waals surface area contributed by atoms with Crippen LogP contribution in [0.5, 0.6) is 0 Å². The van der Waals surface area contributed by atoms with Crippen molar-refractivity contribution in [3.8, 4) is 0 Å². The third kappa shape index (κ3) is 5.46. The summed E-state index contributed by atoms with van der Waals surface area (Å²) in [7, 11) is 0. The van der Waals surface area contributed by atoms with E-state index in [0.29, 0.717) is 0 Å². The van der Waals surface area contributed by atoms with E-state index in [0.717, 1.165) is 25.7 Å². The smallest absolute Gasteiger partial charge is 0.315 e. The molecule has 6 nitrogen and oxygen atoms in total. The zero-order valence-corrected chi connectivity index (χ0v) is 11.6. The van der Waals surface area contributed by atoms with Crippen molar-refractivity contribution in [1.82, 2.24) is 10.6 Å². The number of amides is 2. The van der Waals surface area contributed by atoms with Gasteiger partial charge in [0, 0.05) is 6.04 Å². The van der Waals surface area contributed by atoms with Crippen molar-refractivity contribution in [3.63, 3.8) is 0 Å². The van der Waals surface area contributed by atoms with Crippen LogP contribution in [0.1, 0.15) is 39.5 Å². The fourth-order valence-electron chi connectivity index (χ4n) is 2.15. The van der Waals surface area contributed by atoms with Gasteiger partial charge in [-0.1, -0.05) is 26.2 Å². The van der Waals surface area contributed by atoms with E-state index in [4.69, 9.17) is 9.84 Å². The predicted octanol–water partition coefficient (Wildman–Crippen LogP) is 1.35. The molecule has 1 aliphatic rings. The Kier molecular flexibility index (Phi) is 6.62. The molecular weight excluding hydrogens is 248 g/mol. The molecule has 110 valence electrons. The third-order valence-electron chi connectivity index (χ3n) is 3.33. The second-order valence-corrected chi connectivity index (χ2v) is 5.10. The van der Waals surface area contributed by atoms with Gasteiger partial charge in [0.05, 0.1) is 19.3 Å². The van der Waals surface area contributed by atoms with Gasteiger partial charge in [-0.3, -0.25) is 4.79 Å². The first kappa shape index (κ1) is 15.8. The lowest BCUT2D eigenvalue weighted by atomic mass is 10.0. The molecule has 0 aromatic heterocycles. The average Bonchev–Trinajstić information content (AvgIpc) is 2.77. The monoisotopic (exact) mass is 272 g/mol. The quantitative estimate of drug-likeness (QED) is 0.610. The number of nitrogens with one attached hydrogen (secondary N) is 2. The predicted molar refractivity (Wildman–Crippen MR) is 71.0 cm³/mol. The number of urea groups is 1. The minimum Gasteiger partial charge on any atom is -0.481 e. The first-order chi connectivity index (χ1) is 9.04. The van der Waals surface area contributed by atoms with Gasteiger partial charge in [0.25, 0.3) is 0 Å². The summed E-state index contributed by atoms with van der Waals surface area (Å²) in [5.41, 5.74) is 0. The van der Waals surface area contributed by atoms with Crippen LogP contribution in [0.4, 0.5) is 4.79 Å². The number of hydrogen-bond acceptors (Lipinski definition) is 3. The molecule has 3 unspecified atom stereocenters. The number of carboxylic acid groups (broad SMARTS) is 1. The molecule has 0 spiro atoms. The van der Waals surface area contributed by atoms with Crippen LogP contribution in [-0.4, -0.2) is 42.4 Å². The van der Waals surface area contributed by atoms with E-state index in [1.807, 2.05) is 6.92 Å². The van der Waals surface area contributed by atoms with E-state index >= 15 is 0 Å². The maximum Gasteiger partial charge on any atom is 0.315 e. The highest BCUT2D eigenvalue weighted by molar-refractivity contribution is 5.77. The minimum absolute atomic E-state index is 0.0946. The van der Waals surface area contributed by atoms with Crippen LogP contribution in [0.25, 0.3) is 0 Å². The molecule has 0 aliphatic carbocycles. The zero-order chi connectivity index (χ0) is 14.3. The third-order valence-corrected chi connectivity index (χ3v) is 3.33. The van der Waals surface area contributed by atoms with Gasteiger partial charge >= 0.3 is 12.0 Å². The topological polar surface area (TPSA) is 87.7 Å². The molecule has 0 aromatic carbocycles. The molecule has 0 aromatic rings. The number of ether oxygens (including phenoxy) is 1. The molecule has 1 aliphatic heterocycles. The van der Waals surface area contributed by atoms with Crippen molar-refractivity contribution >= 4 is 12.0 Å². The van der Waals surface area contributed by atoms with Crippen molar-refractivity contribution in [2.75, 3.05) is 13.2 Å². The lowest BCUT2D eigenvalue weighted by molar-refractivity contribution is -0.142. The first-order valence-electron chi connectivity index (χ1n) is 6.92. The van der Waals surface area contributed by atoms with Gasteiger partial charge in [0.15, 0.2) is 0 Å². The van der Waals surface area contributed by atoms with E-state index < -0.39 is 17.9 Å². The van der Waals surface area contributed by atoms with E-state index in [1.54, 1.807) is 0 Å². The molecule has 0 radical (unpaired) electrons. The Bertz CT molecular complexity index is 309. The lowest BCUT2D eigenvalue weighted by Gasteiger charge is -2.19. The van der Waals surface area contributed by atoms with Crippen molar-refractivity contribution in [3.05, 3.63) is 0 Å². The molecule has 6 heteroatoms. The van der Waals surface area contributed by atoms with Gasteiger partial charge in [-0.05, 0) is 13.3 Å². The van der Waals surface area contributed by atoms with Crippen LogP contribution in [0, 0.1) is 5.92 Å². The molecule has 19 heavy (non-hydrogen) atoms. The van der Waals surface area contributed by atoms with Crippen LogP contribution in [-0.2, 0) is 9.53 Å². The number of unbranched alkanes of at least 4 members (excludes halogenated alkanes) is 2. The Labute approximate surface area is 113 Å². The van der Waals surface area contributed by atoms with Gasteiger partial charge in [-0.2, -0.15) is 0 Å². The fraction of sp³-hybridized carbons (Fsp3) is 0.846. The number of carbonyl (C=O) groups excluding carboxylic acids is 1. The summed E-state index contributed by atoms with van der Waals surface area (Å²) in [5, 5.41) is 14.5. The van der Waals surface area contributed by atoms with Crippen molar-refractivity contribution < 1.29 is 19.4 Å². The highest BCUT2D eigenvalue weighted by Gasteiger charge is 2.35. The van der Waals surface area contributed by atoms with Gasteiger partial charge < -0.3 is 20.5 Å². The molecular formula is C13H24N2O4. The largest absolute Gasteiger partial charge is 0.481 e. The van der Waals surface area contributed by atoms with E-state index in [-0.39, 0.29) is 25.3 Å². The number of carboxylic acids is 1. The Hall–Kier alpha value is -1.30. The van der Waals surface area contributed by atoms with Crippen LogP contribution in [0.2, 0.25) is 0 Å². The Morgan fingerprint density at radius 1 is 1.37 bits per heavy atom. The van der Waals surface area contributed by atoms with Crippen molar-refractivity contribution in [2.24, 2.45) is 5.92 Å². The summed E-state index contributed by atoms with van der Waals surface area (Å²) in [6.45, 7) is 4.51. The minimum atomic E-state index is -0.932. The first-order valence-corrected chi connectivity index (χ1v) is 6.92.